The van der Waals surface area contributed by atoms with Gasteiger partial charge in [-0.1, -0.05) is 27.7 Å². The number of carbonyl (C=O) groups excluding carboxylic acids is 1. The van der Waals surface area contributed by atoms with Crippen molar-refractivity contribution in [3.63, 3.8) is 0 Å². The maximum atomic E-state index is 11.2. The Bertz CT molecular complexity index is 197. The van der Waals surface area contributed by atoms with Gasteiger partial charge in [-0.3, -0.25) is 9.59 Å². The molecule has 13 heavy (non-hydrogen) atoms. The van der Waals surface area contributed by atoms with Crippen molar-refractivity contribution in [1.29, 1.82) is 0 Å². The summed E-state index contributed by atoms with van der Waals surface area (Å²) in [6, 6.07) is 0. The first-order valence-corrected chi connectivity index (χ1v) is 4.31. The molecule has 0 aromatic carbocycles. The zero-order chi connectivity index (χ0) is 10.8. The first-order valence-electron chi connectivity index (χ1n) is 4.31. The van der Waals surface area contributed by atoms with E-state index in [9.17, 15) is 9.59 Å². The van der Waals surface area contributed by atoms with Gasteiger partial charge in [-0.15, -0.1) is 0 Å². The zero-order valence-electron chi connectivity index (χ0n) is 8.50. The molecule has 0 fully saturated rings. The van der Waals surface area contributed by atoms with Gasteiger partial charge in [-0.2, -0.15) is 0 Å². The third kappa shape index (κ3) is 1.66. The molecule has 0 aliphatic rings. The molecule has 4 heteroatoms. The minimum absolute atomic E-state index is 0.303. The van der Waals surface area contributed by atoms with Gasteiger partial charge in [-0.25, -0.2) is 0 Å². The summed E-state index contributed by atoms with van der Waals surface area (Å²) in [5.41, 5.74) is 3.71. The van der Waals surface area contributed by atoms with E-state index in [4.69, 9.17) is 10.8 Å². The molecule has 0 unspecified atom stereocenters. The molecule has 4 nitrogen and oxygen atoms in total. The zero-order valence-corrected chi connectivity index (χ0v) is 8.50. The van der Waals surface area contributed by atoms with E-state index in [0.29, 0.717) is 0 Å². The summed E-state index contributed by atoms with van der Waals surface area (Å²) < 4.78 is 0. The second-order valence-corrected chi connectivity index (χ2v) is 3.85. The Morgan fingerprint density at radius 1 is 1.15 bits per heavy atom. The number of aliphatic carboxylic acids is 1. The van der Waals surface area contributed by atoms with Crippen LogP contribution in [0.3, 0.4) is 0 Å². The second kappa shape index (κ2) is 3.77. The van der Waals surface area contributed by atoms with E-state index in [1.54, 1.807) is 27.7 Å². The normalized spacial score (nSPS) is 12.2. The molecule has 0 bridgehead atoms. The molecule has 0 heterocycles. The van der Waals surface area contributed by atoms with Crippen LogP contribution in [0.2, 0.25) is 0 Å². The van der Waals surface area contributed by atoms with Crippen molar-refractivity contribution in [1.82, 2.24) is 0 Å². The summed E-state index contributed by atoms with van der Waals surface area (Å²) in [5, 5.41) is 9.03. The predicted octanol–water partition coefficient (Wildman–Crippen LogP) is 0.855. The highest BCUT2D eigenvalue weighted by atomic mass is 16.4. The SMILES string of the molecule is CC(C)C(C(N)=O)(C(=O)O)C(C)C. The molecule has 3 N–H and O–H groups in total. The summed E-state index contributed by atoms with van der Waals surface area (Å²) >= 11 is 0. The van der Waals surface area contributed by atoms with Gasteiger partial charge in [-0.05, 0) is 11.8 Å². The van der Waals surface area contributed by atoms with Gasteiger partial charge < -0.3 is 10.8 Å². The third-order valence-electron chi connectivity index (χ3n) is 2.58. The highest BCUT2D eigenvalue weighted by Crippen LogP contribution is 2.35. The average molecular weight is 187 g/mol. The molecule has 0 atom stereocenters. The van der Waals surface area contributed by atoms with Crippen LogP contribution in [0, 0.1) is 17.3 Å². The van der Waals surface area contributed by atoms with Crippen molar-refractivity contribution in [2.24, 2.45) is 23.0 Å². The molecule has 0 spiro atoms. The van der Waals surface area contributed by atoms with E-state index < -0.39 is 17.3 Å². The topological polar surface area (TPSA) is 80.4 Å². The number of hydrogen-bond acceptors (Lipinski definition) is 2. The van der Waals surface area contributed by atoms with E-state index in [2.05, 4.69) is 0 Å². The third-order valence-corrected chi connectivity index (χ3v) is 2.58. The first-order chi connectivity index (χ1) is 5.77. The lowest BCUT2D eigenvalue weighted by Crippen LogP contribution is -2.51. The van der Waals surface area contributed by atoms with Crippen LogP contribution < -0.4 is 5.73 Å². The maximum Gasteiger partial charge on any atom is 0.319 e. The number of rotatable bonds is 4. The Kier molecular flexibility index (Phi) is 3.46. The monoisotopic (exact) mass is 187 g/mol. The minimum Gasteiger partial charge on any atom is -0.480 e. The van der Waals surface area contributed by atoms with Gasteiger partial charge in [0.1, 0.15) is 0 Å². The highest BCUT2D eigenvalue weighted by molar-refractivity contribution is 6.01. The molecule has 0 saturated heterocycles. The van der Waals surface area contributed by atoms with E-state index >= 15 is 0 Å². The van der Waals surface area contributed by atoms with Crippen LogP contribution >= 0.6 is 0 Å². The number of carbonyl (C=O) groups is 2. The fourth-order valence-corrected chi connectivity index (χ4v) is 1.83. The van der Waals surface area contributed by atoms with Crippen LogP contribution in [0.15, 0.2) is 0 Å². The van der Waals surface area contributed by atoms with Crippen molar-refractivity contribution >= 4 is 11.9 Å². The molecular formula is C9H17NO3. The number of amides is 1. The van der Waals surface area contributed by atoms with Crippen LogP contribution in [0.25, 0.3) is 0 Å². The predicted molar refractivity (Wildman–Crippen MR) is 48.9 cm³/mol. The van der Waals surface area contributed by atoms with Gasteiger partial charge in [0.2, 0.25) is 5.91 Å². The Morgan fingerprint density at radius 2 is 1.46 bits per heavy atom. The molecule has 0 saturated carbocycles. The average Bonchev–Trinajstić information content (AvgIpc) is 1.82. The Balaban J connectivity index is 5.32. The van der Waals surface area contributed by atoms with Crippen LogP contribution in [0.4, 0.5) is 0 Å². The summed E-state index contributed by atoms with van der Waals surface area (Å²) in [6.07, 6.45) is 0. The largest absolute Gasteiger partial charge is 0.480 e. The van der Waals surface area contributed by atoms with E-state index in [1.807, 2.05) is 0 Å². The number of hydrogen-bond donors (Lipinski definition) is 2. The molecule has 0 aromatic heterocycles. The van der Waals surface area contributed by atoms with Crippen molar-refractivity contribution in [2.75, 3.05) is 0 Å². The second-order valence-electron chi connectivity index (χ2n) is 3.85. The summed E-state index contributed by atoms with van der Waals surface area (Å²) in [7, 11) is 0. The van der Waals surface area contributed by atoms with Crippen LogP contribution in [-0.2, 0) is 9.59 Å². The van der Waals surface area contributed by atoms with Crippen molar-refractivity contribution < 1.29 is 14.7 Å². The first kappa shape index (κ1) is 11.9. The Hall–Kier alpha value is -1.06. The molecular weight excluding hydrogens is 170 g/mol. The van der Waals surface area contributed by atoms with Crippen molar-refractivity contribution in [3.05, 3.63) is 0 Å². The van der Waals surface area contributed by atoms with Crippen molar-refractivity contribution in [3.8, 4) is 0 Å². The highest BCUT2D eigenvalue weighted by Gasteiger charge is 2.50. The summed E-state index contributed by atoms with van der Waals surface area (Å²) in [4.78, 5) is 22.2. The lowest BCUT2D eigenvalue weighted by Gasteiger charge is -2.33. The molecule has 1 amide bonds. The number of nitrogens with two attached hydrogens (primary N) is 1. The van der Waals surface area contributed by atoms with E-state index in [-0.39, 0.29) is 11.8 Å². The van der Waals surface area contributed by atoms with Gasteiger partial charge in [0.05, 0.1) is 0 Å². The van der Waals surface area contributed by atoms with Gasteiger partial charge in [0.15, 0.2) is 5.41 Å². The summed E-state index contributed by atoms with van der Waals surface area (Å²) in [6.45, 7) is 6.77. The fourth-order valence-electron chi connectivity index (χ4n) is 1.83. The smallest absolute Gasteiger partial charge is 0.319 e. The molecule has 0 aromatic rings. The molecule has 76 valence electrons. The van der Waals surface area contributed by atoms with Crippen LogP contribution in [-0.4, -0.2) is 17.0 Å². The van der Waals surface area contributed by atoms with Gasteiger partial charge in [0.25, 0.3) is 0 Å². The lowest BCUT2D eigenvalue weighted by molar-refractivity contribution is -0.161. The Morgan fingerprint density at radius 3 is 1.46 bits per heavy atom. The van der Waals surface area contributed by atoms with E-state index in [1.165, 1.54) is 0 Å². The number of carboxylic acids is 1. The lowest BCUT2D eigenvalue weighted by atomic mass is 9.68. The standard InChI is InChI=1S/C9H17NO3/c1-5(2)9(6(3)4,7(10)11)8(12)13/h5-6H,1-4H3,(H2,10,11)(H,12,13). The number of primary amides is 1. The Labute approximate surface area is 78.1 Å². The minimum atomic E-state index is -1.44. The van der Waals surface area contributed by atoms with Crippen molar-refractivity contribution in [2.45, 2.75) is 27.7 Å². The number of carboxylic acid groups (broad SMARTS) is 1. The van der Waals surface area contributed by atoms with Crippen LogP contribution in [0.5, 0.6) is 0 Å². The summed E-state index contributed by atoms with van der Waals surface area (Å²) in [5.74, 6) is -2.50. The molecule has 0 aliphatic heterocycles. The van der Waals surface area contributed by atoms with Gasteiger partial charge >= 0.3 is 5.97 Å². The molecule has 0 rings (SSSR count). The van der Waals surface area contributed by atoms with Gasteiger partial charge in [0, 0.05) is 0 Å². The quantitative estimate of drug-likeness (QED) is 0.640. The maximum absolute atomic E-state index is 11.2. The fraction of sp³-hybridized carbons (Fsp3) is 0.778. The molecule has 0 radical (unpaired) electrons. The van der Waals surface area contributed by atoms with Crippen LogP contribution in [0.1, 0.15) is 27.7 Å². The van der Waals surface area contributed by atoms with E-state index in [0.717, 1.165) is 0 Å². The molecule has 0 aliphatic carbocycles.